The summed E-state index contributed by atoms with van der Waals surface area (Å²) in [5.41, 5.74) is 0. The Hall–Kier alpha value is -2.31. The predicted octanol–water partition coefficient (Wildman–Crippen LogP) is 17.6. The van der Waals surface area contributed by atoms with Crippen molar-refractivity contribution in [3.8, 4) is 0 Å². The first kappa shape index (κ1) is 87.8. The molecule has 2 rings (SSSR count). The summed E-state index contributed by atoms with van der Waals surface area (Å²) in [4.78, 5) is 13.4. The minimum Gasteiger partial charge on any atom is -0.394 e. The number of rotatable bonds is 66. The average Bonchev–Trinajstić information content (AvgIpc) is 0.794. The van der Waals surface area contributed by atoms with Crippen LogP contribution in [0.1, 0.15) is 348 Å². The maximum atomic E-state index is 13.4. The average molecular weight is 1330 g/mol. The molecule has 2 heterocycles. The number of aliphatic hydroxyl groups is 8. The minimum absolute atomic E-state index is 0.245. The monoisotopic (exact) mass is 1330 g/mol. The smallest absolute Gasteiger partial charge is 0.220 e. The zero-order valence-electron chi connectivity index (χ0n) is 60.2. The molecule has 2 aliphatic rings. The van der Waals surface area contributed by atoms with Crippen LogP contribution in [-0.4, -0.2) is 140 Å². The number of carbonyl (C=O) groups excluding carboxylic acids is 1. The molecule has 12 atom stereocenters. The lowest BCUT2D eigenvalue weighted by molar-refractivity contribution is -0.359. The van der Waals surface area contributed by atoms with Gasteiger partial charge in [0.15, 0.2) is 12.6 Å². The SMILES string of the molecule is CCCCCCC/C=C\C/C=C\C/C=C\CCCCCCCCCCCCCCCCCCC(=O)NC(COC1OC(CO)C(OC2OC(CO)C(O)C(O)C2O)C(O)C1O)C(O)/C=C/CC/C=C/CCCCCCCCCCCCCCCCCCCCCCCCC. The fourth-order valence-electron chi connectivity index (χ4n) is 12.9. The molecular weight excluding hydrogens is 1180 g/mol. The summed E-state index contributed by atoms with van der Waals surface area (Å²) >= 11 is 0. The molecule has 94 heavy (non-hydrogen) atoms. The first-order chi connectivity index (χ1) is 46.1. The van der Waals surface area contributed by atoms with E-state index in [1.165, 1.54) is 270 Å². The first-order valence-corrected chi connectivity index (χ1v) is 39.5. The maximum Gasteiger partial charge on any atom is 0.220 e. The molecule has 0 bridgehead atoms. The third-order valence-electron chi connectivity index (χ3n) is 19.2. The van der Waals surface area contributed by atoms with Crippen LogP contribution in [0, 0.1) is 0 Å². The molecule has 0 saturated carbocycles. The molecule has 2 fully saturated rings. The van der Waals surface area contributed by atoms with Crippen LogP contribution in [0.25, 0.3) is 0 Å². The van der Waals surface area contributed by atoms with Crippen molar-refractivity contribution in [1.82, 2.24) is 5.32 Å². The van der Waals surface area contributed by atoms with Gasteiger partial charge in [0.1, 0.15) is 48.8 Å². The molecule has 0 radical (unpaired) electrons. The number of hydrogen-bond acceptors (Lipinski definition) is 13. The third kappa shape index (κ3) is 46.9. The molecule has 0 aromatic carbocycles. The Morgan fingerprint density at radius 1 is 0.383 bits per heavy atom. The van der Waals surface area contributed by atoms with Gasteiger partial charge in [0.2, 0.25) is 5.91 Å². The quantitative estimate of drug-likeness (QED) is 0.0204. The fraction of sp³-hybridized carbons (Fsp3) is 0.863. The number of amides is 1. The zero-order chi connectivity index (χ0) is 68.0. The molecule has 0 aromatic rings. The standard InChI is InChI=1S/C80H147NO13/c1-3-5-7-9-11-13-15-17-19-21-23-25-27-29-31-33-34-36-38-40-42-44-46-48-50-52-54-56-58-60-62-64-72(85)81-68(67-91-79-77(90)75(88)78(71(66-83)93-79)94-80-76(89)74(87)73(86)70(65-82)92-80)69(84)63-61-59-57-55-53-51-49-47-45-43-41-39-37-35-32-30-28-26-24-22-20-18-16-14-12-10-8-6-4-2/h15,17,21,23,27,29,53,55,61,63,68-71,73-80,82-84,86-90H,3-14,16,18-20,22,24-26,28,30-52,54,56-60,62,64-67H2,1-2H3,(H,81,85)/b17-15-,23-21-,29-27-,55-53+,63-61+. The Morgan fingerprint density at radius 3 is 1.12 bits per heavy atom. The van der Waals surface area contributed by atoms with Crippen LogP contribution in [0.2, 0.25) is 0 Å². The highest BCUT2D eigenvalue weighted by molar-refractivity contribution is 5.76. The summed E-state index contributed by atoms with van der Waals surface area (Å²) in [5.74, 6) is -0.245. The Morgan fingerprint density at radius 2 is 0.713 bits per heavy atom. The molecule has 550 valence electrons. The highest BCUT2D eigenvalue weighted by atomic mass is 16.7. The van der Waals surface area contributed by atoms with Crippen molar-refractivity contribution in [1.29, 1.82) is 0 Å². The van der Waals surface area contributed by atoms with E-state index in [0.717, 1.165) is 44.9 Å². The van der Waals surface area contributed by atoms with E-state index in [4.69, 9.17) is 18.9 Å². The number of unbranched alkanes of at least 4 members (excludes halogenated alkanes) is 45. The maximum absolute atomic E-state index is 13.4. The van der Waals surface area contributed by atoms with E-state index in [-0.39, 0.29) is 18.9 Å². The van der Waals surface area contributed by atoms with Crippen molar-refractivity contribution in [2.75, 3.05) is 19.8 Å². The van der Waals surface area contributed by atoms with Gasteiger partial charge in [-0.25, -0.2) is 0 Å². The molecule has 1 amide bonds. The molecule has 0 aromatic heterocycles. The summed E-state index contributed by atoms with van der Waals surface area (Å²) in [7, 11) is 0. The van der Waals surface area contributed by atoms with E-state index < -0.39 is 86.8 Å². The van der Waals surface area contributed by atoms with E-state index in [2.05, 4.69) is 67.8 Å². The lowest BCUT2D eigenvalue weighted by Crippen LogP contribution is -2.65. The van der Waals surface area contributed by atoms with Crippen molar-refractivity contribution >= 4 is 5.91 Å². The Bertz CT molecular complexity index is 1810. The van der Waals surface area contributed by atoms with E-state index >= 15 is 0 Å². The lowest BCUT2D eigenvalue weighted by Gasteiger charge is -2.46. The van der Waals surface area contributed by atoms with Crippen molar-refractivity contribution in [3.05, 3.63) is 60.8 Å². The van der Waals surface area contributed by atoms with Crippen LogP contribution in [0.5, 0.6) is 0 Å². The highest BCUT2D eigenvalue weighted by Crippen LogP contribution is 2.30. The molecule has 12 unspecified atom stereocenters. The number of ether oxygens (including phenoxy) is 4. The zero-order valence-corrected chi connectivity index (χ0v) is 60.2. The number of carbonyl (C=O) groups is 1. The number of allylic oxidation sites excluding steroid dienone is 9. The number of hydrogen-bond donors (Lipinski definition) is 9. The van der Waals surface area contributed by atoms with E-state index in [9.17, 15) is 45.6 Å². The lowest BCUT2D eigenvalue weighted by atomic mass is 9.97. The molecule has 0 spiro atoms. The largest absolute Gasteiger partial charge is 0.394 e. The van der Waals surface area contributed by atoms with Crippen LogP contribution in [-0.2, 0) is 23.7 Å². The summed E-state index contributed by atoms with van der Waals surface area (Å²) in [6, 6.07) is -0.935. The van der Waals surface area contributed by atoms with E-state index in [1.807, 2.05) is 6.08 Å². The summed E-state index contributed by atoms with van der Waals surface area (Å²) in [6.07, 6.45) is 70.1. The van der Waals surface area contributed by atoms with Gasteiger partial charge in [0, 0.05) is 6.42 Å². The van der Waals surface area contributed by atoms with Gasteiger partial charge in [-0.05, 0) is 70.6 Å². The van der Waals surface area contributed by atoms with Crippen molar-refractivity contribution in [3.63, 3.8) is 0 Å². The number of aliphatic hydroxyl groups excluding tert-OH is 8. The molecule has 2 saturated heterocycles. The Kier molecular flexibility index (Phi) is 59.8. The van der Waals surface area contributed by atoms with E-state index in [1.54, 1.807) is 6.08 Å². The Balaban J connectivity index is 1.64. The van der Waals surface area contributed by atoms with Gasteiger partial charge in [-0.1, -0.05) is 331 Å². The van der Waals surface area contributed by atoms with Crippen molar-refractivity contribution in [2.45, 2.75) is 421 Å². The van der Waals surface area contributed by atoms with Crippen LogP contribution in [0.15, 0.2) is 60.8 Å². The topological polar surface area (TPSA) is 228 Å². The van der Waals surface area contributed by atoms with Crippen LogP contribution >= 0.6 is 0 Å². The fourth-order valence-corrected chi connectivity index (χ4v) is 12.9. The molecule has 14 nitrogen and oxygen atoms in total. The molecule has 0 aliphatic carbocycles. The van der Waals surface area contributed by atoms with Crippen LogP contribution in [0.4, 0.5) is 0 Å². The van der Waals surface area contributed by atoms with E-state index in [0.29, 0.717) is 12.8 Å². The van der Waals surface area contributed by atoms with Gasteiger partial charge in [0.05, 0.1) is 32.0 Å². The second kappa shape index (κ2) is 64.1. The Labute approximate surface area is 575 Å². The first-order valence-electron chi connectivity index (χ1n) is 39.5. The van der Waals surface area contributed by atoms with Gasteiger partial charge >= 0.3 is 0 Å². The second-order valence-electron chi connectivity index (χ2n) is 27.8. The third-order valence-corrected chi connectivity index (χ3v) is 19.2. The second-order valence-corrected chi connectivity index (χ2v) is 27.8. The van der Waals surface area contributed by atoms with Crippen LogP contribution < -0.4 is 5.32 Å². The normalized spacial score (nSPS) is 22.7. The molecule has 14 heteroatoms. The van der Waals surface area contributed by atoms with Crippen LogP contribution in [0.3, 0.4) is 0 Å². The molecule has 9 N–H and O–H groups in total. The predicted molar refractivity (Wildman–Crippen MR) is 387 cm³/mol. The van der Waals surface area contributed by atoms with Crippen molar-refractivity contribution < 1.29 is 64.6 Å². The van der Waals surface area contributed by atoms with Crippen molar-refractivity contribution in [2.24, 2.45) is 0 Å². The van der Waals surface area contributed by atoms with Gasteiger partial charge < -0.3 is 65.1 Å². The number of nitrogens with one attached hydrogen (secondary N) is 1. The molecular formula is C80H147NO13. The minimum atomic E-state index is -1.79. The summed E-state index contributed by atoms with van der Waals surface area (Å²) in [5, 5.41) is 87.6. The summed E-state index contributed by atoms with van der Waals surface area (Å²) < 4.78 is 22.9. The van der Waals surface area contributed by atoms with Gasteiger partial charge in [-0.2, -0.15) is 0 Å². The van der Waals surface area contributed by atoms with Gasteiger partial charge in [-0.3, -0.25) is 4.79 Å². The van der Waals surface area contributed by atoms with Gasteiger partial charge in [-0.15, -0.1) is 0 Å². The highest BCUT2D eigenvalue weighted by Gasteiger charge is 2.51. The molecule has 2 aliphatic heterocycles. The van der Waals surface area contributed by atoms with Gasteiger partial charge in [0.25, 0.3) is 0 Å². The summed E-state index contributed by atoms with van der Waals surface area (Å²) in [6.45, 7) is 2.82.